The SMILES string of the molecule is C[C@@H]1CC(=O)[C@@]2(O)CC=CC[C@H]12.C[C@]12CC=CC[C@@H]1C=CC2=O. The third kappa shape index (κ3) is 2.65. The van der Waals surface area contributed by atoms with E-state index in [4.69, 9.17) is 0 Å². The van der Waals surface area contributed by atoms with Crippen molar-refractivity contribution in [3.63, 3.8) is 0 Å². The van der Waals surface area contributed by atoms with Crippen LogP contribution in [0.4, 0.5) is 0 Å². The van der Waals surface area contributed by atoms with Crippen molar-refractivity contribution in [1.82, 2.24) is 0 Å². The first-order valence-corrected chi connectivity index (χ1v) is 8.66. The molecule has 0 aromatic carbocycles. The van der Waals surface area contributed by atoms with Crippen molar-refractivity contribution >= 4 is 11.6 Å². The van der Waals surface area contributed by atoms with E-state index in [1.54, 1.807) is 6.08 Å². The van der Waals surface area contributed by atoms with Gasteiger partial charge in [-0.2, -0.15) is 0 Å². The number of Topliss-reactive ketones (excluding diaryl/α,β-unsaturated/α-hetero) is 1. The summed E-state index contributed by atoms with van der Waals surface area (Å²) in [6.45, 7) is 4.13. The van der Waals surface area contributed by atoms with Crippen molar-refractivity contribution in [1.29, 1.82) is 0 Å². The van der Waals surface area contributed by atoms with Crippen LogP contribution >= 0.6 is 0 Å². The quantitative estimate of drug-likeness (QED) is 0.697. The van der Waals surface area contributed by atoms with Crippen LogP contribution in [-0.2, 0) is 9.59 Å². The third-order valence-corrected chi connectivity index (χ3v) is 6.24. The number of hydrogen-bond acceptors (Lipinski definition) is 3. The summed E-state index contributed by atoms with van der Waals surface area (Å²) < 4.78 is 0. The first-order valence-electron chi connectivity index (χ1n) is 8.66. The molecule has 4 aliphatic carbocycles. The van der Waals surface area contributed by atoms with E-state index in [1.165, 1.54) is 0 Å². The molecule has 0 heterocycles. The Morgan fingerprint density at radius 2 is 1.78 bits per heavy atom. The second-order valence-electron chi connectivity index (χ2n) is 7.71. The van der Waals surface area contributed by atoms with Crippen molar-refractivity contribution in [2.24, 2.45) is 23.2 Å². The van der Waals surface area contributed by atoms with Gasteiger partial charge in [-0.1, -0.05) is 44.2 Å². The van der Waals surface area contributed by atoms with E-state index in [1.807, 2.05) is 6.08 Å². The summed E-state index contributed by atoms with van der Waals surface area (Å²) in [5.41, 5.74) is -1.09. The van der Waals surface area contributed by atoms with Crippen LogP contribution in [0.1, 0.15) is 46.0 Å². The molecule has 1 saturated carbocycles. The van der Waals surface area contributed by atoms with E-state index in [2.05, 4.69) is 38.2 Å². The Hall–Kier alpha value is -1.48. The maximum Gasteiger partial charge on any atom is 0.165 e. The maximum atomic E-state index is 11.5. The largest absolute Gasteiger partial charge is 0.381 e. The fraction of sp³-hybridized carbons (Fsp3) is 0.600. The molecule has 0 unspecified atom stereocenters. The smallest absolute Gasteiger partial charge is 0.165 e. The molecule has 0 saturated heterocycles. The summed E-state index contributed by atoms with van der Waals surface area (Å²) in [5.74, 6) is 1.36. The van der Waals surface area contributed by atoms with Gasteiger partial charge in [0.2, 0.25) is 0 Å². The summed E-state index contributed by atoms with van der Waals surface area (Å²) in [7, 11) is 0. The summed E-state index contributed by atoms with van der Waals surface area (Å²) in [6, 6.07) is 0. The molecule has 3 nitrogen and oxygen atoms in total. The van der Waals surface area contributed by atoms with Crippen LogP contribution in [0.25, 0.3) is 0 Å². The van der Waals surface area contributed by atoms with Gasteiger partial charge in [0, 0.05) is 24.2 Å². The second kappa shape index (κ2) is 5.86. The van der Waals surface area contributed by atoms with Crippen molar-refractivity contribution in [3.8, 4) is 0 Å². The molecule has 0 radical (unpaired) electrons. The Bertz CT molecular complexity index is 600. The number of aliphatic hydroxyl groups is 1. The Kier molecular flexibility index (Phi) is 4.18. The van der Waals surface area contributed by atoms with Crippen LogP contribution < -0.4 is 0 Å². The molecule has 124 valence electrons. The van der Waals surface area contributed by atoms with Crippen molar-refractivity contribution in [3.05, 3.63) is 36.5 Å². The van der Waals surface area contributed by atoms with Gasteiger partial charge in [-0.25, -0.2) is 0 Å². The highest BCUT2D eigenvalue weighted by Gasteiger charge is 2.51. The average molecular weight is 314 g/mol. The molecule has 0 aromatic heterocycles. The summed E-state index contributed by atoms with van der Waals surface area (Å²) in [4.78, 5) is 22.9. The van der Waals surface area contributed by atoms with Crippen LogP contribution in [0, 0.1) is 23.2 Å². The topological polar surface area (TPSA) is 54.4 Å². The van der Waals surface area contributed by atoms with E-state index >= 15 is 0 Å². The third-order valence-electron chi connectivity index (χ3n) is 6.24. The Morgan fingerprint density at radius 3 is 2.48 bits per heavy atom. The molecule has 0 aromatic rings. The highest BCUT2D eigenvalue weighted by Crippen LogP contribution is 2.44. The van der Waals surface area contributed by atoms with Gasteiger partial charge in [0.1, 0.15) is 5.60 Å². The van der Waals surface area contributed by atoms with Crippen LogP contribution in [0.15, 0.2) is 36.5 Å². The van der Waals surface area contributed by atoms with Gasteiger partial charge in [-0.3, -0.25) is 9.59 Å². The van der Waals surface area contributed by atoms with E-state index in [0.29, 0.717) is 30.5 Å². The lowest BCUT2D eigenvalue weighted by atomic mass is 9.71. The molecule has 4 aliphatic rings. The Labute approximate surface area is 138 Å². The number of ketones is 2. The van der Waals surface area contributed by atoms with E-state index in [0.717, 1.165) is 19.3 Å². The first kappa shape index (κ1) is 16.4. The fourth-order valence-electron chi connectivity index (χ4n) is 4.44. The molecule has 0 bridgehead atoms. The molecule has 3 heteroatoms. The Morgan fingerprint density at radius 1 is 1.09 bits per heavy atom. The van der Waals surface area contributed by atoms with Crippen molar-refractivity contribution in [2.75, 3.05) is 0 Å². The van der Waals surface area contributed by atoms with E-state index < -0.39 is 5.60 Å². The normalized spacial score (nSPS) is 43.9. The number of allylic oxidation sites excluding steroid dienone is 5. The zero-order valence-electron chi connectivity index (χ0n) is 14.0. The second-order valence-corrected chi connectivity index (χ2v) is 7.71. The van der Waals surface area contributed by atoms with Gasteiger partial charge >= 0.3 is 0 Å². The molecule has 1 N–H and O–H groups in total. The number of hydrogen-bond donors (Lipinski definition) is 1. The molecule has 0 amide bonds. The summed E-state index contributed by atoms with van der Waals surface area (Å²) >= 11 is 0. The van der Waals surface area contributed by atoms with Gasteiger partial charge in [0.25, 0.3) is 0 Å². The highest BCUT2D eigenvalue weighted by atomic mass is 16.3. The van der Waals surface area contributed by atoms with E-state index in [-0.39, 0.29) is 17.1 Å². The Balaban J connectivity index is 0.000000136. The molecule has 5 atom stereocenters. The highest BCUT2D eigenvalue weighted by molar-refractivity contribution is 5.97. The first-order chi connectivity index (χ1) is 10.9. The van der Waals surface area contributed by atoms with Crippen molar-refractivity contribution in [2.45, 2.75) is 51.6 Å². The predicted octanol–water partition coefficient (Wildman–Crippen LogP) is 3.39. The molecular weight excluding hydrogens is 288 g/mol. The molecule has 23 heavy (non-hydrogen) atoms. The standard InChI is InChI=1S/C10H14O2.C10H12O/c1-7-6-9(11)10(12)5-3-2-4-8(7)10;1-10-7-3-2-4-8(10)5-6-9(10)11/h2-3,7-8,12H,4-6H2,1H3;2-3,5-6,8H,4,7H2,1H3/t7-,8-,10-;8-,10+/m11/s1. The minimum atomic E-state index is -1.01. The maximum absolute atomic E-state index is 11.5. The molecular formula is C20H26O3. The monoisotopic (exact) mass is 314 g/mol. The zero-order chi connectivity index (χ0) is 16.7. The van der Waals surface area contributed by atoms with Crippen molar-refractivity contribution < 1.29 is 14.7 Å². The number of carbonyl (C=O) groups excluding carboxylic acids is 2. The van der Waals surface area contributed by atoms with Gasteiger partial charge in [-0.15, -0.1) is 0 Å². The lowest BCUT2D eigenvalue weighted by Gasteiger charge is -2.31. The van der Waals surface area contributed by atoms with Crippen LogP contribution in [-0.4, -0.2) is 22.3 Å². The summed E-state index contributed by atoms with van der Waals surface area (Å²) in [5, 5.41) is 10.0. The summed E-state index contributed by atoms with van der Waals surface area (Å²) in [6.07, 6.45) is 16.0. The lowest BCUT2D eigenvalue weighted by Crippen LogP contribution is -2.41. The van der Waals surface area contributed by atoms with Gasteiger partial charge in [-0.05, 0) is 37.2 Å². The number of fused-ring (bicyclic) bond motifs is 2. The molecule has 1 fully saturated rings. The predicted molar refractivity (Wildman–Crippen MR) is 89.7 cm³/mol. The van der Waals surface area contributed by atoms with Gasteiger partial charge < -0.3 is 5.11 Å². The van der Waals surface area contributed by atoms with Crippen LogP contribution in [0.2, 0.25) is 0 Å². The number of carbonyl (C=O) groups is 2. The minimum Gasteiger partial charge on any atom is -0.381 e. The fourth-order valence-corrected chi connectivity index (χ4v) is 4.44. The minimum absolute atomic E-state index is 0.0457. The lowest BCUT2D eigenvalue weighted by molar-refractivity contribution is -0.136. The zero-order valence-corrected chi connectivity index (χ0v) is 14.0. The molecule has 4 rings (SSSR count). The molecule has 0 aliphatic heterocycles. The van der Waals surface area contributed by atoms with Gasteiger partial charge in [0.15, 0.2) is 11.6 Å². The number of rotatable bonds is 0. The molecule has 0 spiro atoms. The van der Waals surface area contributed by atoms with Crippen LogP contribution in [0.3, 0.4) is 0 Å². The van der Waals surface area contributed by atoms with Gasteiger partial charge in [0.05, 0.1) is 0 Å². The van der Waals surface area contributed by atoms with E-state index in [9.17, 15) is 14.7 Å². The van der Waals surface area contributed by atoms with Crippen LogP contribution in [0.5, 0.6) is 0 Å². The average Bonchev–Trinajstić information content (AvgIpc) is 2.95.